The Bertz CT molecular complexity index is 970. The number of aromatic hydroxyl groups is 1. The lowest BCUT2D eigenvalue weighted by atomic mass is 9.85. The van der Waals surface area contributed by atoms with E-state index in [1.807, 2.05) is 20.8 Å². The van der Waals surface area contributed by atoms with E-state index in [2.05, 4.69) is 20.9 Å². The predicted octanol–water partition coefficient (Wildman–Crippen LogP) is 4.19. The third kappa shape index (κ3) is 4.09. The van der Waals surface area contributed by atoms with E-state index >= 15 is 0 Å². The molecule has 1 N–H and O–H groups in total. The van der Waals surface area contributed by atoms with Gasteiger partial charge >= 0.3 is 0 Å². The van der Waals surface area contributed by atoms with Gasteiger partial charge in [-0.1, -0.05) is 26.8 Å². The summed E-state index contributed by atoms with van der Waals surface area (Å²) in [7, 11) is -4.01. The minimum absolute atomic E-state index is 0.0933. The van der Waals surface area contributed by atoms with E-state index in [1.54, 1.807) is 30.3 Å². The number of phenolic OH excluding ortho intramolecular Hbond substituents is 1. The average Bonchev–Trinajstić information content (AvgIpc) is 2.55. The summed E-state index contributed by atoms with van der Waals surface area (Å²) < 4.78 is 25.6. The molecule has 0 fully saturated rings. The van der Waals surface area contributed by atoms with Crippen LogP contribution >= 0.6 is 15.9 Å². The smallest absolute Gasteiger partial charge is 0.233 e. The van der Waals surface area contributed by atoms with Crippen molar-refractivity contribution < 1.29 is 13.5 Å². The molecule has 0 bridgehead atoms. The molecule has 25 heavy (non-hydrogen) atoms. The Morgan fingerprint density at radius 3 is 2.52 bits per heavy atom. The van der Waals surface area contributed by atoms with E-state index < -0.39 is 14.7 Å². The maximum atomic E-state index is 12.6. The first kappa shape index (κ1) is 19.2. The summed E-state index contributed by atoms with van der Waals surface area (Å²) in [5.41, 5.74) is 0.773. The molecule has 2 aromatic rings. The number of nitrogens with zero attached hydrogens (tertiary/aromatic N) is 2. The SMILES string of the molecule is CC(C)(C)c1cc(/C=C(/C#N)S(=O)(=O)c2ccccn2)cc(Br)c1O. The van der Waals surface area contributed by atoms with Gasteiger partial charge in [0.2, 0.25) is 9.84 Å². The van der Waals surface area contributed by atoms with Crippen LogP contribution in [0, 0.1) is 11.3 Å². The molecule has 1 aromatic heterocycles. The van der Waals surface area contributed by atoms with Gasteiger partial charge < -0.3 is 5.11 Å². The fourth-order valence-electron chi connectivity index (χ4n) is 2.22. The van der Waals surface area contributed by atoms with Crippen molar-refractivity contribution in [1.29, 1.82) is 5.26 Å². The maximum absolute atomic E-state index is 12.6. The molecule has 0 aliphatic rings. The minimum Gasteiger partial charge on any atom is -0.506 e. The monoisotopic (exact) mass is 420 g/mol. The summed E-state index contributed by atoms with van der Waals surface area (Å²) in [4.78, 5) is 3.41. The second-order valence-corrected chi connectivity index (χ2v) is 9.16. The van der Waals surface area contributed by atoms with Crippen molar-refractivity contribution in [3.8, 4) is 11.8 Å². The molecular weight excluding hydrogens is 404 g/mol. The maximum Gasteiger partial charge on any atom is 0.233 e. The van der Waals surface area contributed by atoms with Crippen LogP contribution in [0.2, 0.25) is 0 Å². The van der Waals surface area contributed by atoms with Crippen molar-refractivity contribution in [2.45, 2.75) is 31.2 Å². The summed E-state index contributed by atoms with van der Waals surface area (Å²) in [5, 5.41) is 19.4. The van der Waals surface area contributed by atoms with Gasteiger partial charge in [0.05, 0.1) is 4.47 Å². The summed E-state index contributed by atoms with van der Waals surface area (Å²) in [6, 6.07) is 9.46. The van der Waals surface area contributed by atoms with Crippen LogP contribution in [-0.2, 0) is 15.3 Å². The number of rotatable bonds is 3. The molecule has 0 saturated heterocycles. The average molecular weight is 421 g/mol. The molecular formula is C18H17BrN2O3S. The number of halogens is 1. The summed E-state index contributed by atoms with van der Waals surface area (Å²) in [6.45, 7) is 5.79. The van der Waals surface area contributed by atoms with Gasteiger partial charge in [-0.25, -0.2) is 13.4 Å². The molecule has 2 rings (SSSR count). The van der Waals surface area contributed by atoms with Crippen molar-refractivity contribution in [3.63, 3.8) is 0 Å². The van der Waals surface area contributed by atoms with Crippen LogP contribution in [0.4, 0.5) is 0 Å². The molecule has 0 amide bonds. The van der Waals surface area contributed by atoms with Crippen molar-refractivity contribution >= 4 is 31.8 Å². The van der Waals surface area contributed by atoms with Crippen LogP contribution in [0.5, 0.6) is 5.75 Å². The van der Waals surface area contributed by atoms with Gasteiger partial charge in [-0.15, -0.1) is 0 Å². The van der Waals surface area contributed by atoms with E-state index in [0.717, 1.165) is 0 Å². The number of allylic oxidation sites excluding steroid dienone is 1. The second-order valence-electron chi connectivity index (χ2n) is 6.44. The molecule has 1 heterocycles. The predicted molar refractivity (Wildman–Crippen MR) is 99.5 cm³/mol. The molecule has 0 aliphatic heterocycles. The topological polar surface area (TPSA) is 91.0 Å². The highest BCUT2D eigenvalue weighted by Crippen LogP contribution is 2.37. The molecule has 7 heteroatoms. The number of benzene rings is 1. The number of phenols is 1. The first-order valence-electron chi connectivity index (χ1n) is 7.38. The Hall–Kier alpha value is -2.17. The Balaban J connectivity index is 2.63. The van der Waals surface area contributed by atoms with Crippen LogP contribution < -0.4 is 0 Å². The van der Waals surface area contributed by atoms with Crippen LogP contribution in [0.25, 0.3) is 6.08 Å². The largest absolute Gasteiger partial charge is 0.506 e. The Morgan fingerprint density at radius 1 is 1.32 bits per heavy atom. The van der Waals surface area contributed by atoms with Gasteiger partial charge in [0.25, 0.3) is 0 Å². The molecule has 0 radical (unpaired) electrons. The highest BCUT2D eigenvalue weighted by atomic mass is 79.9. The number of hydrogen-bond acceptors (Lipinski definition) is 5. The fourth-order valence-corrected chi connectivity index (χ4v) is 3.79. The highest BCUT2D eigenvalue weighted by Gasteiger charge is 2.24. The third-order valence-electron chi connectivity index (χ3n) is 3.50. The first-order chi connectivity index (χ1) is 11.6. The number of hydrogen-bond donors (Lipinski definition) is 1. The van der Waals surface area contributed by atoms with Gasteiger partial charge in [-0.2, -0.15) is 5.26 Å². The number of aromatic nitrogens is 1. The van der Waals surface area contributed by atoms with Gasteiger partial charge in [-0.3, -0.25) is 0 Å². The van der Waals surface area contributed by atoms with Crippen molar-refractivity contribution in [1.82, 2.24) is 4.98 Å². The highest BCUT2D eigenvalue weighted by molar-refractivity contribution is 9.10. The van der Waals surface area contributed by atoms with E-state index in [9.17, 15) is 18.8 Å². The van der Waals surface area contributed by atoms with Crippen LogP contribution in [0.15, 0.2) is 50.9 Å². The molecule has 1 aromatic carbocycles. The van der Waals surface area contributed by atoms with Gasteiger partial charge in [0.1, 0.15) is 11.8 Å². The van der Waals surface area contributed by atoms with Crippen LogP contribution in [0.1, 0.15) is 31.9 Å². The summed E-state index contributed by atoms with van der Waals surface area (Å²) >= 11 is 3.27. The summed E-state index contributed by atoms with van der Waals surface area (Å²) in [5.74, 6) is 0.0933. The lowest BCUT2D eigenvalue weighted by molar-refractivity contribution is 0.443. The van der Waals surface area contributed by atoms with E-state index in [1.165, 1.54) is 18.3 Å². The molecule has 0 unspecified atom stereocenters. The molecule has 0 spiro atoms. The lowest BCUT2D eigenvalue weighted by Gasteiger charge is -2.21. The van der Waals surface area contributed by atoms with E-state index in [0.29, 0.717) is 15.6 Å². The van der Waals surface area contributed by atoms with Gasteiger partial charge in [0.15, 0.2) is 9.93 Å². The van der Waals surface area contributed by atoms with E-state index in [4.69, 9.17) is 0 Å². The second kappa shape index (κ2) is 6.98. The van der Waals surface area contributed by atoms with Crippen LogP contribution in [-0.4, -0.2) is 18.5 Å². The molecule has 0 saturated carbocycles. The third-order valence-corrected chi connectivity index (χ3v) is 5.69. The Labute approximate surface area is 155 Å². The van der Waals surface area contributed by atoms with Gasteiger partial charge in [0, 0.05) is 11.8 Å². The molecule has 0 atom stereocenters. The number of nitriles is 1. The Morgan fingerprint density at radius 2 is 2.00 bits per heavy atom. The van der Waals surface area contributed by atoms with Crippen molar-refractivity contribution in [2.75, 3.05) is 0 Å². The minimum atomic E-state index is -4.01. The van der Waals surface area contributed by atoms with Crippen molar-refractivity contribution in [3.05, 3.63) is 57.0 Å². The zero-order chi connectivity index (χ0) is 18.8. The van der Waals surface area contributed by atoms with Crippen LogP contribution in [0.3, 0.4) is 0 Å². The zero-order valence-corrected chi connectivity index (χ0v) is 16.4. The zero-order valence-electron chi connectivity index (χ0n) is 14.0. The van der Waals surface area contributed by atoms with E-state index in [-0.39, 0.29) is 16.2 Å². The van der Waals surface area contributed by atoms with Gasteiger partial charge in [-0.05, 0) is 57.2 Å². The molecule has 130 valence electrons. The quantitative estimate of drug-likeness (QED) is 0.751. The summed E-state index contributed by atoms with van der Waals surface area (Å²) in [6.07, 6.45) is 2.64. The van der Waals surface area contributed by atoms with Crippen molar-refractivity contribution in [2.24, 2.45) is 0 Å². The lowest BCUT2D eigenvalue weighted by Crippen LogP contribution is -2.12. The molecule has 5 nitrogen and oxygen atoms in total. The number of pyridine rings is 1. The Kier molecular flexibility index (Phi) is 5.35. The number of sulfone groups is 1. The molecule has 0 aliphatic carbocycles. The normalized spacial score (nSPS) is 12.7. The first-order valence-corrected chi connectivity index (χ1v) is 9.66. The fraction of sp³-hybridized carbons (Fsp3) is 0.222. The standard InChI is InChI=1S/C18H17BrN2O3S/c1-18(2,3)14-9-12(10-15(19)17(14)22)8-13(11-20)25(23,24)16-6-4-5-7-21-16/h4-10,22H,1-3H3/b13-8-.